The van der Waals surface area contributed by atoms with Crippen molar-refractivity contribution in [2.75, 3.05) is 16.0 Å². The third kappa shape index (κ3) is 8.84. The molecule has 0 aliphatic carbocycles. The Labute approximate surface area is 300 Å². The maximum atomic E-state index is 13.2. The van der Waals surface area contributed by atoms with Crippen molar-refractivity contribution in [1.29, 1.82) is 0 Å². The number of benzene rings is 4. The van der Waals surface area contributed by atoms with E-state index in [4.69, 9.17) is 14.2 Å². The molecule has 0 aromatic heterocycles. The first kappa shape index (κ1) is 35.8. The minimum atomic E-state index is -1.04. The van der Waals surface area contributed by atoms with Crippen molar-refractivity contribution in [1.82, 2.24) is 5.32 Å². The average molecular weight is 710 g/mol. The van der Waals surface area contributed by atoms with Crippen LogP contribution in [0.25, 0.3) is 0 Å². The Morgan fingerprint density at radius 1 is 0.882 bits per heavy atom. The zero-order valence-electron chi connectivity index (χ0n) is 28.2. The van der Waals surface area contributed by atoms with Crippen molar-refractivity contribution in [3.63, 3.8) is 0 Å². The number of carbonyl (C=O) groups is 4. The molecule has 2 heterocycles. The summed E-state index contributed by atoms with van der Waals surface area (Å²) in [7, 11) is 0. The number of nitrogens with zero attached hydrogens (tertiary/aromatic N) is 1. The van der Waals surface area contributed by atoms with Crippen LogP contribution in [0.3, 0.4) is 0 Å². The van der Waals surface area contributed by atoms with Gasteiger partial charge in [0.15, 0.2) is 6.29 Å². The number of carbonyl (C=O) groups excluding carboxylic acids is 4. The van der Waals surface area contributed by atoms with Gasteiger partial charge in [-0.3, -0.25) is 14.4 Å². The molecule has 3 N–H and O–H groups in total. The van der Waals surface area contributed by atoms with E-state index in [9.17, 15) is 24.3 Å². The molecule has 0 bridgehead atoms. The molecule has 6 rings (SSSR count). The molecule has 0 radical (unpaired) electrons. The predicted octanol–water partition coefficient (Wildman–Crippen LogP) is 6.28. The Morgan fingerprint density at radius 3 is 2.24 bits per heavy atom. The molecule has 5 atom stereocenters. The highest BCUT2D eigenvalue weighted by Crippen LogP contribution is 2.43. The number of hydrogen-bond donors (Lipinski definition) is 3. The number of rotatable bonds is 11. The first-order chi connectivity index (χ1) is 24.7. The van der Waals surface area contributed by atoms with E-state index >= 15 is 0 Å². The molecule has 0 spiro atoms. The van der Waals surface area contributed by atoms with Gasteiger partial charge >= 0.3 is 6.09 Å². The maximum Gasteiger partial charge on any atom is 0.408 e. The fraction of sp³-hybridized carbons (Fsp3) is 0.282. The largest absolute Gasteiger partial charge is 0.445 e. The lowest BCUT2D eigenvalue weighted by molar-refractivity contribution is -0.268. The number of alkyl carbamates (subject to hydrolysis) is 1. The highest BCUT2D eigenvalue weighted by Gasteiger charge is 2.41. The van der Waals surface area contributed by atoms with Crippen LogP contribution in [0.1, 0.15) is 54.9 Å². The van der Waals surface area contributed by atoms with Gasteiger partial charge in [0.2, 0.25) is 11.8 Å². The molecule has 51 heavy (non-hydrogen) atoms. The first-order valence-corrected chi connectivity index (χ1v) is 17.6. The van der Waals surface area contributed by atoms with Gasteiger partial charge in [0.1, 0.15) is 12.6 Å². The highest BCUT2D eigenvalue weighted by molar-refractivity contribution is 7.99. The molecule has 0 saturated carbocycles. The topological polar surface area (TPSA) is 144 Å². The molecule has 4 aromatic carbocycles. The van der Waals surface area contributed by atoms with Crippen LogP contribution in [0.5, 0.6) is 0 Å². The van der Waals surface area contributed by atoms with E-state index in [1.165, 1.54) is 6.92 Å². The third-order valence-corrected chi connectivity index (χ3v) is 9.89. The minimum absolute atomic E-state index is 0.0321. The van der Waals surface area contributed by atoms with Gasteiger partial charge in [0, 0.05) is 34.7 Å². The predicted molar refractivity (Wildman–Crippen MR) is 192 cm³/mol. The van der Waals surface area contributed by atoms with Crippen molar-refractivity contribution >= 4 is 47.0 Å². The second kappa shape index (κ2) is 16.3. The van der Waals surface area contributed by atoms with Gasteiger partial charge in [0.25, 0.3) is 5.91 Å². The lowest BCUT2D eigenvalue weighted by atomic mass is 9.91. The number of amides is 4. The van der Waals surface area contributed by atoms with E-state index in [1.54, 1.807) is 36.0 Å². The summed E-state index contributed by atoms with van der Waals surface area (Å²) < 4.78 is 18.4. The van der Waals surface area contributed by atoms with Crippen molar-refractivity contribution in [2.24, 2.45) is 5.92 Å². The van der Waals surface area contributed by atoms with E-state index in [0.717, 1.165) is 32.2 Å². The first-order valence-electron chi connectivity index (χ1n) is 16.6. The molecule has 2 fully saturated rings. The van der Waals surface area contributed by atoms with Crippen LogP contribution in [0.15, 0.2) is 108 Å². The van der Waals surface area contributed by atoms with Crippen LogP contribution in [0.4, 0.5) is 16.2 Å². The van der Waals surface area contributed by atoms with Crippen molar-refractivity contribution in [2.45, 2.75) is 62.9 Å². The lowest BCUT2D eigenvalue weighted by Gasteiger charge is -2.41. The van der Waals surface area contributed by atoms with Gasteiger partial charge < -0.3 is 30.0 Å². The molecule has 4 amide bonds. The molecule has 1 unspecified atom stereocenters. The fourth-order valence-corrected chi connectivity index (χ4v) is 7.10. The van der Waals surface area contributed by atoms with Crippen molar-refractivity contribution < 1.29 is 38.5 Å². The van der Waals surface area contributed by atoms with Gasteiger partial charge in [-0.1, -0.05) is 73.7 Å². The second-order valence-electron chi connectivity index (χ2n) is 12.5. The standard InChI is InChI=1S/C39H39N3O8S/c1-24-34(23-51-32-18-14-30(15-19-32)40-25(2)44)49-38(50-36(24)28-10-8-26(21-43)9-11-28)29-12-16-31(17-13-29)42-35(45)20-33(37(42)46)41-39(47)48-22-27-6-4-3-5-7-27/h3-19,24,33-34,36,38,43H,20-23H2,1-2H3,(H,40,44)(H,41,47)/t24-,33?,34+,36+,38+/m0/s1. The molecule has 2 aliphatic heterocycles. The second-order valence-corrected chi connectivity index (χ2v) is 13.6. The van der Waals surface area contributed by atoms with E-state index in [0.29, 0.717) is 17.0 Å². The number of aliphatic hydroxyl groups is 1. The molecule has 4 aromatic rings. The molecular weight excluding hydrogens is 671 g/mol. The SMILES string of the molecule is CC(=O)Nc1ccc(SC[C@H]2O[C@@H](c3ccc(N4C(=O)CC(NC(=O)OCc5ccccc5)C4=O)cc3)O[C@@H](c3ccc(CO)cc3)[C@H]2C)cc1. The maximum absolute atomic E-state index is 13.2. The number of thioether (sulfide) groups is 1. The molecule has 264 valence electrons. The van der Waals surface area contributed by atoms with Crippen LogP contribution in [0, 0.1) is 5.92 Å². The van der Waals surface area contributed by atoms with Gasteiger partial charge in [-0.2, -0.15) is 0 Å². The molecular formula is C39H39N3O8S. The summed E-state index contributed by atoms with van der Waals surface area (Å²) in [5, 5.41) is 14.9. The zero-order valence-corrected chi connectivity index (χ0v) is 29.0. The molecule has 2 saturated heterocycles. The number of aliphatic hydroxyl groups excluding tert-OH is 1. The van der Waals surface area contributed by atoms with E-state index < -0.39 is 30.2 Å². The summed E-state index contributed by atoms with van der Waals surface area (Å²) in [6.45, 7) is 3.54. The lowest BCUT2D eigenvalue weighted by Crippen LogP contribution is -2.42. The van der Waals surface area contributed by atoms with Gasteiger partial charge in [-0.15, -0.1) is 11.8 Å². The Balaban J connectivity index is 1.14. The monoisotopic (exact) mass is 709 g/mol. The van der Waals surface area contributed by atoms with Crippen LogP contribution in [-0.4, -0.2) is 46.8 Å². The summed E-state index contributed by atoms with van der Waals surface area (Å²) in [6, 6.07) is 30.3. The number of ether oxygens (including phenoxy) is 3. The van der Waals surface area contributed by atoms with Crippen LogP contribution in [0.2, 0.25) is 0 Å². The van der Waals surface area contributed by atoms with Gasteiger partial charge in [0.05, 0.1) is 30.9 Å². The van der Waals surface area contributed by atoms with E-state index in [1.807, 2.05) is 78.9 Å². The van der Waals surface area contributed by atoms with Gasteiger partial charge in [-0.05, 0) is 53.1 Å². The number of nitrogens with one attached hydrogen (secondary N) is 2. The van der Waals surface area contributed by atoms with Crippen molar-refractivity contribution in [3.8, 4) is 0 Å². The zero-order chi connectivity index (χ0) is 35.9. The summed E-state index contributed by atoms with van der Waals surface area (Å²) in [6.07, 6.45) is -2.25. The highest BCUT2D eigenvalue weighted by atomic mass is 32.2. The number of hydrogen-bond acceptors (Lipinski definition) is 9. The minimum Gasteiger partial charge on any atom is -0.445 e. The van der Waals surface area contributed by atoms with Crippen LogP contribution >= 0.6 is 11.8 Å². The van der Waals surface area contributed by atoms with E-state index in [-0.39, 0.29) is 43.7 Å². The molecule has 12 heteroatoms. The normalized spacial score (nSPS) is 21.7. The van der Waals surface area contributed by atoms with E-state index in [2.05, 4.69) is 17.6 Å². The molecule has 11 nitrogen and oxygen atoms in total. The Kier molecular flexibility index (Phi) is 11.5. The third-order valence-electron chi connectivity index (χ3n) is 8.79. The van der Waals surface area contributed by atoms with Crippen LogP contribution < -0.4 is 15.5 Å². The van der Waals surface area contributed by atoms with Crippen molar-refractivity contribution in [3.05, 3.63) is 125 Å². The summed E-state index contributed by atoms with van der Waals surface area (Å²) in [5.41, 5.74) is 4.35. The molecule has 2 aliphatic rings. The summed E-state index contributed by atoms with van der Waals surface area (Å²) in [4.78, 5) is 52.1. The Bertz CT molecular complexity index is 1840. The number of anilines is 2. The Morgan fingerprint density at radius 2 is 1.57 bits per heavy atom. The summed E-state index contributed by atoms with van der Waals surface area (Å²) in [5.74, 6) is -0.516. The number of imide groups is 1. The average Bonchev–Trinajstić information content (AvgIpc) is 3.42. The smallest absolute Gasteiger partial charge is 0.408 e. The quantitative estimate of drug-likeness (QED) is 0.121. The Hall–Kier alpha value is -5.01. The van der Waals surface area contributed by atoms with Crippen LogP contribution in [-0.2, 0) is 41.8 Å². The summed E-state index contributed by atoms with van der Waals surface area (Å²) >= 11 is 1.64. The fourth-order valence-electron chi connectivity index (χ4n) is 6.03. The van der Waals surface area contributed by atoms with Gasteiger partial charge in [-0.25, -0.2) is 9.69 Å².